The van der Waals surface area contributed by atoms with Crippen LogP contribution in [0, 0.1) is 13.8 Å². The lowest BCUT2D eigenvalue weighted by molar-refractivity contribution is 0.102. The summed E-state index contributed by atoms with van der Waals surface area (Å²) < 4.78 is 16.3. The molecule has 0 aromatic heterocycles. The van der Waals surface area contributed by atoms with Crippen LogP contribution in [0.5, 0.6) is 17.2 Å². The van der Waals surface area contributed by atoms with E-state index in [-0.39, 0.29) is 5.91 Å². The fourth-order valence-electron chi connectivity index (χ4n) is 3.28. The zero-order valence-electron chi connectivity index (χ0n) is 18.5. The van der Waals surface area contributed by atoms with Gasteiger partial charge in [-0.2, -0.15) is 0 Å². The van der Waals surface area contributed by atoms with Crippen LogP contribution in [0.3, 0.4) is 0 Å². The van der Waals surface area contributed by atoms with E-state index in [9.17, 15) is 4.79 Å². The molecule has 0 atom stereocenters. The number of amides is 1. The first-order valence-electron chi connectivity index (χ1n) is 9.97. The van der Waals surface area contributed by atoms with E-state index in [0.29, 0.717) is 29.4 Å². The van der Waals surface area contributed by atoms with Gasteiger partial charge in [0.25, 0.3) is 5.91 Å². The number of hydrogen-bond donors (Lipinski definition) is 2. The molecule has 1 amide bonds. The third-order valence-electron chi connectivity index (χ3n) is 5.13. The highest BCUT2D eigenvalue weighted by Gasteiger charge is 2.14. The molecule has 0 unspecified atom stereocenters. The predicted molar refractivity (Wildman–Crippen MR) is 124 cm³/mol. The van der Waals surface area contributed by atoms with E-state index in [1.807, 2.05) is 56.3 Å². The number of aryl methyl sites for hydroxylation is 2. The molecule has 0 bridgehead atoms. The summed E-state index contributed by atoms with van der Waals surface area (Å²) in [4.78, 5) is 12.7. The molecule has 6 nitrogen and oxygen atoms in total. The second kappa shape index (κ2) is 9.89. The number of benzene rings is 3. The molecule has 0 saturated carbocycles. The van der Waals surface area contributed by atoms with E-state index >= 15 is 0 Å². The van der Waals surface area contributed by atoms with Gasteiger partial charge in [-0.25, -0.2) is 0 Å². The maximum atomic E-state index is 12.7. The van der Waals surface area contributed by atoms with Crippen LogP contribution in [-0.4, -0.2) is 27.2 Å². The summed E-state index contributed by atoms with van der Waals surface area (Å²) in [7, 11) is 4.76. The SMILES string of the molecule is COc1cc(CNc2cc(C)c(C)cc2NC(=O)c2ccccc2)cc(OC)c1OC. The van der Waals surface area contributed by atoms with Crippen molar-refractivity contribution in [1.82, 2.24) is 0 Å². The molecule has 162 valence electrons. The Morgan fingerprint density at radius 2 is 1.39 bits per heavy atom. The molecule has 2 N–H and O–H groups in total. The number of nitrogens with one attached hydrogen (secondary N) is 2. The third-order valence-corrected chi connectivity index (χ3v) is 5.13. The standard InChI is InChI=1S/C25H28N2O4/c1-16-11-20(21(12-17(16)2)27-25(28)19-9-7-6-8-10-19)26-15-18-13-22(29-3)24(31-5)23(14-18)30-4/h6-14,26H,15H2,1-5H3,(H,27,28). The van der Waals surface area contributed by atoms with Gasteiger partial charge in [-0.15, -0.1) is 0 Å². The highest BCUT2D eigenvalue weighted by Crippen LogP contribution is 2.38. The largest absolute Gasteiger partial charge is 0.493 e. The van der Waals surface area contributed by atoms with Crippen molar-refractivity contribution in [2.45, 2.75) is 20.4 Å². The van der Waals surface area contributed by atoms with E-state index < -0.39 is 0 Å². The third kappa shape index (κ3) is 5.09. The zero-order valence-corrected chi connectivity index (χ0v) is 18.5. The Labute approximate surface area is 183 Å². The van der Waals surface area contributed by atoms with Crippen LogP contribution >= 0.6 is 0 Å². The summed E-state index contributed by atoms with van der Waals surface area (Å²) in [6.45, 7) is 4.58. The summed E-state index contributed by atoms with van der Waals surface area (Å²) in [6.07, 6.45) is 0. The smallest absolute Gasteiger partial charge is 0.255 e. The van der Waals surface area contributed by atoms with Crippen LogP contribution in [0.1, 0.15) is 27.0 Å². The predicted octanol–water partition coefficient (Wildman–Crippen LogP) is 5.19. The molecule has 0 saturated heterocycles. The van der Waals surface area contributed by atoms with Crippen LogP contribution in [0.15, 0.2) is 54.6 Å². The first-order valence-corrected chi connectivity index (χ1v) is 9.97. The van der Waals surface area contributed by atoms with E-state index in [4.69, 9.17) is 14.2 Å². The lowest BCUT2D eigenvalue weighted by Crippen LogP contribution is -2.14. The number of ether oxygens (including phenoxy) is 3. The molecule has 0 heterocycles. The van der Waals surface area contributed by atoms with Crippen molar-refractivity contribution in [2.24, 2.45) is 0 Å². The Morgan fingerprint density at radius 3 is 1.94 bits per heavy atom. The van der Waals surface area contributed by atoms with Crippen molar-refractivity contribution in [3.05, 3.63) is 76.9 Å². The molecule has 3 aromatic rings. The van der Waals surface area contributed by atoms with Gasteiger partial charge in [0.1, 0.15) is 0 Å². The number of methoxy groups -OCH3 is 3. The summed E-state index contributed by atoms with van der Waals surface area (Å²) in [5.41, 5.74) is 5.35. The van der Waals surface area contributed by atoms with E-state index in [0.717, 1.165) is 28.1 Å². The van der Waals surface area contributed by atoms with Gasteiger partial charge in [0, 0.05) is 12.1 Å². The van der Waals surface area contributed by atoms with Crippen LogP contribution in [0.2, 0.25) is 0 Å². The zero-order chi connectivity index (χ0) is 22.4. The first kappa shape index (κ1) is 22.0. The minimum absolute atomic E-state index is 0.153. The number of hydrogen-bond acceptors (Lipinski definition) is 5. The Balaban J connectivity index is 1.86. The molecule has 0 aliphatic carbocycles. The molecular weight excluding hydrogens is 392 g/mol. The number of carbonyl (C=O) groups excluding carboxylic acids is 1. The Kier molecular flexibility index (Phi) is 7.03. The van der Waals surface area contributed by atoms with Crippen molar-refractivity contribution >= 4 is 17.3 Å². The number of anilines is 2. The molecule has 3 aromatic carbocycles. The number of carbonyl (C=O) groups is 1. The highest BCUT2D eigenvalue weighted by atomic mass is 16.5. The molecule has 0 fully saturated rings. The summed E-state index contributed by atoms with van der Waals surface area (Å²) in [5.74, 6) is 1.59. The maximum absolute atomic E-state index is 12.7. The van der Waals surface area contributed by atoms with Gasteiger partial charge in [0.15, 0.2) is 11.5 Å². The van der Waals surface area contributed by atoms with Crippen molar-refractivity contribution in [1.29, 1.82) is 0 Å². The highest BCUT2D eigenvalue weighted by molar-refractivity contribution is 6.06. The minimum atomic E-state index is -0.153. The van der Waals surface area contributed by atoms with Gasteiger partial charge in [0.05, 0.1) is 32.7 Å². The maximum Gasteiger partial charge on any atom is 0.255 e. The average Bonchev–Trinajstić information content (AvgIpc) is 2.80. The van der Waals surface area contributed by atoms with Gasteiger partial charge in [-0.1, -0.05) is 18.2 Å². The molecule has 6 heteroatoms. The second-order valence-electron chi connectivity index (χ2n) is 7.19. The van der Waals surface area contributed by atoms with Crippen molar-refractivity contribution < 1.29 is 19.0 Å². The topological polar surface area (TPSA) is 68.8 Å². The molecule has 3 rings (SSSR count). The number of rotatable bonds is 8. The van der Waals surface area contributed by atoms with Crippen LogP contribution < -0.4 is 24.8 Å². The molecule has 0 aliphatic rings. The van der Waals surface area contributed by atoms with Crippen LogP contribution in [0.4, 0.5) is 11.4 Å². The first-order chi connectivity index (χ1) is 15.0. The lowest BCUT2D eigenvalue weighted by atomic mass is 10.1. The van der Waals surface area contributed by atoms with Gasteiger partial charge in [0.2, 0.25) is 5.75 Å². The second-order valence-corrected chi connectivity index (χ2v) is 7.19. The van der Waals surface area contributed by atoms with Crippen LogP contribution in [-0.2, 0) is 6.54 Å². The molecule has 0 radical (unpaired) electrons. The monoisotopic (exact) mass is 420 g/mol. The van der Waals surface area contributed by atoms with Crippen molar-refractivity contribution in [3.63, 3.8) is 0 Å². The normalized spacial score (nSPS) is 10.4. The van der Waals surface area contributed by atoms with Crippen molar-refractivity contribution in [3.8, 4) is 17.2 Å². The molecule has 0 aliphatic heterocycles. The Bertz CT molecular complexity index is 1040. The summed E-state index contributed by atoms with van der Waals surface area (Å²) >= 11 is 0. The minimum Gasteiger partial charge on any atom is -0.493 e. The van der Waals surface area contributed by atoms with Gasteiger partial charge in [-0.3, -0.25) is 4.79 Å². The quantitative estimate of drug-likeness (QED) is 0.525. The van der Waals surface area contributed by atoms with Gasteiger partial charge in [-0.05, 0) is 66.9 Å². The van der Waals surface area contributed by atoms with E-state index in [2.05, 4.69) is 10.6 Å². The van der Waals surface area contributed by atoms with Crippen LogP contribution in [0.25, 0.3) is 0 Å². The summed E-state index contributed by atoms with van der Waals surface area (Å²) in [5, 5.41) is 6.45. The molecule has 0 spiro atoms. The fraction of sp³-hybridized carbons (Fsp3) is 0.240. The van der Waals surface area contributed by atoms with E-state index in [1.165, 1.54) is 0 Å². The molecule has 31 heavy (non-hydrogen) atoms. The fourth-order valence-corrected chi connectivity index (χ4v) is 3.28. The summed E-state index contributed by atoms with van der Waals surface area (Å²) in [6, 6.07) is 17.0. The average molecular weight is 421 g/mol. The molecular formula is C25H28N2O4. The Morgan fingerprint density at radius 1 is 0.806 bits per heavy atom. The van der Waals surface area contributed by atoms with Gasteiger partial charge >= 0.3 is 0 Å². The Hall–Kier alpha value is -3.67. The van der Waals surface area contributed by atoms with Crippen molar-refractivity contribution in [2.75, 3.05) is 32.0 Å². The lowest BCUT2D eigenvalue weighted by Gasteiger charge is -2.17. The van der Waals surface area contributed by atoms with Gasteiger partial charge < -0.3 is 24.8 Å². The van der Waals surface area contributed by atoms with E-state index in [1.54, 1.807) is 33.5 Å².